The van der Waals surface area contributed by atoms with E-state index in [1.807, 2.05) is 43.3 Å². The number of hydrogen-bond acceptors (Lipinski definition) is 4. The topological polar surface area (TPSA) is 44.6 Å². The molecule has 1 fully saturated rings. The summed E-state index contributed by atoms with van der Waals surface area (Å²) in [7, 11) is 0. The molecule has 1 saturated heterocycles. The van der Waals surface area contributed by atoms with Gasteiger partial charge in [-0.25, -0.2) is 9.07 Å². The fourth-order valence-electron chi connectivity index (χ4n) is 4.37. The Kier molecular flexibility index (Phi) is 7.83. The summed E-state index contributed by atoms with van der Waals surface area (Å²) in [4.78, 5) is 20.2. The average molecular weight is 458 g/mol. The van der Waals surface area contributed by atoms with Gasteiger partial charge in [0.15, 0.2) is 0 Å². The first kappa shape index (κ1) is 25.2. The number of halogens is 1. The highest BCUT2D eigenvalue weighted by Gasteiger charge is 2.33. The van der Waals surface area contributed by atoms with Crippen molar-refractivity contribution >= 4 is 11.7 Å². The second-order valence-electron chi connectivity index (χ2n) is 10.1. The van der Waals surface area contributed by atoms with Crippen LogP contribution in [0.1, 0.15) is 59.2 Å². The predicted molar refractivity (Wildman–Crippen MR) is 132 cm³/mol. The first-order valence-electron chi connectivity index (χ1n) is 12.2. The van der Waals surface area contributed by atoms with Crippen LogP contribution in [0.5, 0.6) is 0 Å². The molecule has 2 heterocycles. The number of likely N-dealkylation sites (N-methyl/N-ethyl adjacent to an activating group) is 1. The Labute approximate surface area is 198 Å². The van der Waals surface area contributed by atoms with E-state index in [0.717, 1.165) is 56.2 Å². The molecule has 1 aromatic heterocycles. The van der Waals surface area contributed by atoms with Crippen molar-refractivity contribution in [2.75, 3.05) is 37.6 Å². The van der Waals surface area contributed by atoms with Crippen molar-refractivity contribution in [2.45, 2.75) is 67.5 Å². The molecule has 0 bridgehead atoms. The molecule has 3 rings (SSSR count). The van der Waals surface area contributed by atoms with Gasteiger partial charge in [-0.05, 0) is 45.0 Å². The van der Waals surface area contributed by atoms with Gasteiger partial charge in [-0.1, -0.05) is 40.7 Å². The number of amides is 1. The lowest BCUT2D eigenvalue weighted by atomic mass is 9.93. The summed E-state index contributed by atoms with van der Waals surface area (Å²) in [6, 6.07) is 6.69. The minimum Gasteiger partial charge on any atom is -0.354 e. The summed E-state index contributed by atoms with van der Waals surface area (Å²) in [5.74, 6) is 0.827. The maximum absolute atomic E-state index is 14.1. The van der Waals surface area contributed by atoms with Crippen molar-refractivity contribution in [3.8, 4) is 5.69 Å². The van der Waals surface area contributed by atoms with Crippen molar-refractivity contribution in [1.82, 2.24) is 19.6 Å². The van der Waals surface area contributed by atoms with E-state index in [4.69, 9.17) is 5.10 Å². The van der Waals surface area contributed by atoms with Crippen LogP contribution < -0.4 is 4.90 Å². The maximum Gasteiger partial charge on any atom is 0.228 e. The highest BCUT2D eigenvalue weighted by atomic mass is 19.1. The van der Waals surface area contributed by atoms with Crippen LogP contribution in [-0.2, 0) is 11.3 Å². The van der Waals surface area contributed by atoms with Gasteiger partial charge in [-0.3, -0.25) is 4.79 Å². The third kappa shape index (κ3) is 5.57. The molecule has 0 radical (unpaired) electrons. The number of nitrogens with zero attached hydrogens (tertiary/aromatic N) is 5. The van der Waals surface area contributed by atoms with Gasteiger partial charge in [0.05, 0.1) is 17.9 Å². The lowest BCUT2D eigenvalue weighted by Crippen LogP contribution is -2.48. The normalized spacial score (nSPS) is 16.2. The Morgan fingerprint density at radius 2 is 1.85 bits per heavy atom. The van der Waals surface area contributed by atoms with E-state index in [2.05, 4.69) is 30.6 Å². The van der Waals surface area contributed by atoms with E-state index in [1.54, 1.807) is 6.07 Å². The largest absolute Gasteiger partial charge is 0.354 e. The van der Waals surface area contributed by atoms with E-state index in [0.29, 0.717) is 12.2 Å². The highest BCUT2D eigenvalue weighted by molar-refractivity contribution is 5.82. The number of aryl methyl sites for hydroxylation is 1. The molecule has 7 heteroatoms. The summed E-state index contributed by atoms with van der Waals surface area (Å²) in [5.41, 5.74) is 2.15. The fraction of sp³-hybridized carbons (Fsp3) is 0.615. The summed E-state index contributed by atoms with van der Waals surface area (Å²) in [6.07, 6.45) is 0.878. The molecule has 2 aromatic rings. The summed E-state index contributed by atoms with van der Waals surface area (Å²) in [5, 5.41) is 4.85. The molecule has 1 aliphatic heterocycles. The van der Waals surface area contributed by atoms with Crippen LogP contribution >= 0.6 is 0 Å². The Balaban J connectivity index is 2.09. The van der Waals surface area contributed by atoms with E-state index in [9.17, 15) is 9.18 Å². The molecule has 1 atom stereocenters. The van der Waals surface area contributed by atoms with Crippen molar-refractivity contribution < 1.29 is 9.18 Å². The summed E-state index contributed by atoms with van der Waals surface area (Å²) >= 11 is 0. The number of aromatic nitrogens is 2. The van der Waals surface area contributed by atoms with Crippen molar-refractivity contribution in [3.63, 3.8) is 0 Å². The van der Waals surface area contributed by atoms with Gasteiger partial charge in [0, 0.05) is 43.2 Å². The first-order valence-corrected chi connectivity index (χ1v) is 12.2. The molecule has 6 nitrogen and oxygen atoms in total. The van der Waals surface area contributed by atoms with E-state index < -0.39 is 5.41 Å². The van der Waals surface area contributed by atoms with Gasteiger partial charge in [0.1, 0.15) is 11.6 Å². The zero-order valence-corrected chi connectivity index (χ0v) is 21.4. The minimum absolute atomic E-state index is 0.110. The molecule has 0 saturated carbocycles. The molecular weight excluding hydrogens is 417 g/mol. The second-order valence-corrected chi connectivity index (χ2v) is 10.1. The quantitative estimate of drug-likeness (QED) is 0.608. The highest BCUT2D eigenvalue weighted by Crippen LogP contribution is 2.32. The molecule has 1 aliphatic rings. The Bertz CT molecular complexity index is 956. The van der Waals surface area contributed by atoms with Crippen LogP contribution in [0, 0.1) is 18.2 Å². The van der Waals surface area contributed by atoms with Crippen LogP contribution in [0.2, 0.25) is 0 Å². The van der Waals surface area contributed by atoms with Crippen molar-refractivity contribution in [2.24, 2.45) is 5.41 Å². The molecule has 0 N–H and O–H groups in total. The standard InChI is InChI=1S/C26H40FN5O/c1-8-19(3)31(25(33)26(5,6)7)18-23-20(4)28-32(22-12-10-11-21(27)17-22)24(23)30-15-13-29(9-2)14-16-30/h10-12,17,19H,8-9,13-16,18H2,1-7H3. The second kappa shape index (κ2) is 10.2. The van der Waals surface area contributed by atoms with Crippen LogP contribution in [0.15, 0.2) is 24.3 Å². The number of piperazine rings is 1. The molecule has 0 spiro atoms. The third-order valence-electron chi connectivity index (χ3n) is 6.68. The number of hydrogen-bond donors (Lipinski definition) is 0. The monoisotopic (exact) mass is 457 g/mol. The molecule has 1 unspecified atom stereocenters. The summed E-state index contributed by atoms with van der Waals surface area (Å²) < 4.78 is 16.0. The van der Waals surface area contributed by atoms with Crippen molar-refractivity contribution in [1.29, 1.82) is 0 Å². The molecule has 33 heavy (non-hydrogen) atoms. The number of anilines is 1. The number of rotatable bonds is 7. The van der Waals surface area contributed by atoms with Crippen LogP contribution in [0.25, 0.3) is 5.69 Å². The molecule has 182 valence electrons. The molecule has 1 aromatic carbocycles. The Hall–Kier alpha value is -2.41. The van der Waals surface area contributed by atoms with Gasteiger partial charge in [-0.15, -0.1) is 0 Å². The van der Waals surface area contributed by atoms with E-state index >= 15 is 0 Å². The van der Waals surface area contributed by atoms with Gasteiger partial charge in [0.2, 0.25) is 5.91 Å². The Morgan fingerprint density at radius 1 is 1.18 bits per heavy atom. The molecule has 1 amide bonds. The van der Waals surface area contributed by atoms with Gasteiger partial charge >= 0.3 is 0 Å². The van der Waals surface area contributed by atoms with Crippen molar-refractivity contribution in [3.05, 3.63) is 41.3 Å². The lowest BCUT2D eigenvalue weighted by Gasteiger charge is -2.38. The SMILES string of the molecule is CCC(C)N(Cc1c(C)nn(-c2cccc(F)c2)c1N1CCN(CC)CC1)C(=O)C(C)(C)C. The average Bonchev–Trinajstić information content (AvgIpc) is 3.11. The summed E-state index contributed by atoms with van der Waals surface area (Å²) in [6.45, 7) is 19.5. The number of carbonyl (C=O) groups excluding carboxylic acids is 1. The molecule has 0 aliphatic carbocycles. The van der Waals surface area contributed by atoms with Crippen LogP contribution in [0.3, 0.4) is 0 Å². The van der Waals surface area contributed by atoms with Crippen LogP contribution in [-0.4, -0.2) is 64.3 Å². The van der Waals surface area contributed by atoms with Crippen LogP contribution in [0.4, 0.5) is 10.2 Å². The van der Waals surface area contributed by atoms with Gasteiger partial charge in [-0.2, -0.15) is 5.10 Å². The molecular formula is C26H40FN5O. The maximum atomic E-state index is 14.1. The van der Waals surface area contributed by atoms with Gasteiger partial charge < -0.3 is 14.7 Å². The minimum atomic E-state index is -0.469. The van der Waals surface area contributed by atoms with E-state index in [-0.39, 0.29) is 17.8 Å². The van der Waals surface area contributed by atoms with Gasteiger partial charge in [0.25, 0.3) is 0 Å². The predicted octanol–water partition coefficient (Wildman–Crippen LogP) is 4.63. The third-order valence-corrected chi connectivity index (χ3v) is 6.68. The number of benzene rings is 1. The smallest absolute Gasteiger partial charge is 0.228 e. The number of carbonyl (C=O) groups is 1. The Morgan fingerprint density at radius 3 is 2.39 bits per heavy atom. The fourth-order valence-corrected chi connectivity index (χ4v) is 4.37. The first-order chi connectivity index (χ1) is 15.6. The van der Waals surface area contributed by atoms with E-state index in [1.165, 1.54) is 12.1 Å². The zero-order chi connectivity index (χ0) is 24.3. The lowest BCUT2D eigenvalue weighted by molar-refractivity contribution is -0.142. The zero-order valence-electron chi connectivity index (χ0n) is 21.4.